The molecule has 3 aromatic carbocycles. The lowest BCUT2D eigenvalue weighted by Gasteiger charge is -2.18. The summed E-state index contributed by atoms with van der Waals surface area (Å²) in [6, 6.07) is 18.9. The second kappa shape index (κ2) is 5.92. The first kappa shape index (κ1) is 17.8. The van der Waals surface area contributed by atoms with Gasteiger partial charge in [-0.2, -0.15) is 0 Å². The van der Waals surface area contributed by atoms with Crippen LogP contribution in [0.3, 0.4) is 0 Å². The second-order valence-electron chi connectivity index (χ2n) is 9.18. The van der Waals surface area contributed by atoms with Gasteiger partial charge < -0.3 is 4.74 Å². The lowest BCUT2D eigenvalue weighted by atomic mass is 9.80. The molecule has 32 heavy (non-hydrogen) atoms. The molecular weight excluding hydrogens is 400 g/mol. The third kappa shape index (κ3) is 2.09. The number of hydrogen-bond acceptors (Lipinski definition) is 4. The van der Waals surface area contributed by atoms with Crippen molar-refractivity contribution < 1.29 is 19.1 Å². The van der Waals surface area contributed by atoms with Crippen LogP contribution in [0.5, 0.6) is 0 Å². The average molecular weight is 418 g/mol. The topological polar surface area (TPSA) is 60.4 Å². The highest BCUT2D eigenvalue weighted by Crippen LogP contribution is 2.48. The number of fused-ring (bicyclic) bond motifs is 5. The lowest BCUT2D eigenvalue weighted by molar-refractivity contribution is 0.0710. The molecule has 4 heteroatoms. The fourth-order valence-electron chi connectivity index (χ4n) is 5.92. The van der Waals surface area contributed by atoms with Crippen molar-refractivity contribution in [3.05, 3.63) is 111 Å². The SMILES string of the molecule is O=C1C2=C(OCc3cc4c(cc3C2)CC2(C4)C(=O)c3ccccc3C2=O)c2ccccc21. The van der Waals surface area contributed by atoms with Gasteiger partial charge in [0.1, 0.15) is 17.8 Å². The maximum atomic E-state index is 13.3. The van der Waals surface area contributed by atoms with Crippen molar-refractivity contribution in [3.8, 4) is 0 Å². The summed E-state index contributed by atoms with van der Waals surface area (Å²) in [6.45, 7) is 0.373. The molecule has 3 aromatic rings. The third-order valence-electron chi connectivity index (χ3n) is 7.50. The molecule has 1 aliphatic heterocycles. The van der Waals surface area contributed by atoms with Crippen LogP contribution in [0.1, 0.15) is 58.9 Å². The number of carbonyl (C=O) groups excluding carboxylic acids is 3. The fourth-order valence-corrected chi connectivity index (χ4v) is 5.92. The predicted molar refractivity (Wildman–Crippen MR) is 118 cm³/mol. The number of ether oxygens (including phenoxy) is 1. The highest BCUT2D eigenvalue weighted by atomic mass is 16.5. The van der Waals surface area contributed by atoms with Crippen LogP contribution in [0.25, 0.3) is 5.76 Å². The van der Waals surface area contributed by atoms with Gasteiger partial charge in [0.05, 0.1) is 0 Å². The van der Waals surface area contributed by atoms with E-state index in [4.69, 9.17) is 4.74 Å². The van der Waals surface area contributed by atoms with Crippen LogP contribution in [0, 0.1) is 5.41 Å². The molecule has 1 spiro atoms. The minimum Gasteiger partial charge on any atom is -0.488 e. The lowest BCUT2D eigenvalue weighted by Crippen LogP contribution is -2.34. The number of carbonyl (C=O) groups is 3. The first-order valence-corrected chi connectivity index (χ1v) is 10.9. The van der Waals surface area contributed by atoms with Crippen LogP contribution in [0.2, 0.25) is 0 Å². The monoisotopic (exact) mass is 418 g/mol. The molecule has 3 aliphatic carbocycles. The number of benzene rings is 3. The van der Waals surface area contributed by atoms with Crippen molar-refractivity contribution in [2.24, 2.45) is 5.41 Å². The molecular formula is C28H18O4. The van der Waals surface area contributed by atoms with Gasteiger partial charge >= 0.3 is 0 Å². The highest BCUT2D eigenvalue weighted by molar-refractivity contribution is 6.30. The minimum absolute atomic E-state index is 0.0250. The summed E-state index contributed by atoms with van der Waals surface area (Å²) in [5.41, 5.74) is 6.46. The van der Waals surface area contributed by atoms with Crippen molar-refractivity contribution >= 4 is 23.1 Å². The van der Waals surface area contributed by atoms with Gasteiger partial charge in [0.2, 0.25) is 0 Å². The third-order valence-corrected chi connectivity index (χ3v) is 7.50. The Morgan fingerprint density at radius 1 is 0.656 bits per heavy atom. The van der Waals surface area contributed by atoms with Gasteiger partial charge in [-0.25, -0.2) is 0 Å². The largest absolute Gasteiger partial charge is 0.488 e. The van der Waals surface area contributed by atoms with E-state index in [9.17, 15) is 14.4 Å². The van der Waals surface area contributed by atoms with Crippen LogP contribution in [0.4, 0.5) is 0 Å². The van der Waals surface area contributed by atoms with Crippen molar-refractivity contribution in [1.82, 2.24) is 0 Å². The van der Waals surface area contributed by atoms with Crippen molar-refractivity contribution in [1.29, 1.82) is 0 Å². The summed E-state index contributed by atoms with van der Waals surface area (Å²) in [5, 5.41) is 0. The van der Waals surface area contributed by atoms with Gasteiger partial charge in [-0.3, -0.25) is 14.4 Å². The molecule has 0 aromatic heterocycles. The van der Waals surface area contributed by atoms with E-state index in [1.807, 2.05) is 36.4 Å². The summed E-state index contributed by atoms with van der Waals surface area (Å²) in [4.78, 5) is 39.6. The zero-order valence-electron chi connectivity index (χ0n) is 17.2. The summed E-state index contributed by atoms with van der Waals surface area (Å²) in [5.74, 6) is 0.589. The number of Topliss-reactive ketones (excluding diaryl/α,β-unsaturated/α-hetero) is 3. The van der Waals surface area contributed by atoms with Crippen LogP contribution >= 0.6 is 0 Å². The first-order valence-electron chi connectivity index (χ1n) is 10.9. The van der Waals surface area contributed by atoms with E-state index in [0.717, 1.165) is 27.8 Å². The molecule has 4 nitrogen and oxygen atoms in total. The maximum absolute atomic E-state index is 13.3. The Balaban J connectivity index is 1.28. The van der Waals surface area contributed by atoms with Gasteiger partial charge in [-0.1, -0.05) is 60.7 Å². The smallest absolute Gasteiger partial charge is 0.193 e. The van der Waals surface area contributed by atoms with Gasteiger partial charge in [0.15, 0.2) is 17.3 Å². The number of allylic oxidation sites excluding steroid dienone is 1. The Kier molecular flexibility index (Phi) is 3.30. The number of ketones is 3. The molecule has 0 saturated heterocycles. The molecule has 4 aliphatic rings. The molecule has 0 saturated carbocycles. The van der Waals surface area contributed by atoms with E-state index in [1.54, 1.807) is 12.1 Å². The highest BCUT2D eigenvalue weighted by Gasteiger charge is 2.55. The Bertz CT molecular complexity index is 1420. The molecule has 0 fully saturated rings. The summed E-state index contributed by atoms with van der Waals surface area (Å²) in [7, 11) is 0. The predicted octanol–water partition coefficient (Wildman–Crippen LogP) is 4.53. The zero-order chi connectivity index (χ0) is 21.6. The van der Waals surface area contributed by atoms with E-state index >= 15 is 0 Å². The average Bonchev–Trinajstić information content (AvgIpc) is 3.32. The van der Waals surface area contributed by atoms with Crippen molar-refractivity contribution in [3.63, 3.8) is 0 Å². The number of rotatable bonds is 0. The summed E-state index contributed by atoms with van der Waals surface area (Å²) >= 11 is 0. The molecule has 0 unspecified atom stereocenters. The molecule has 0 atom stereocenters. The van der Waals surface area contributed by atoms with E-state index in [1.165, 1.54) is 0 Å². The van der Waals surface area contributed by atoms with Crippen LogP contribution in [-0.2, 0) is 30.6 Å². The molecule has 0 N–H and O–H groups in total. The van der Waals surface area contributed by atoms with Gasteiger partial charge in [0.25, 0.3) is 0 Å². The van der Waals surface area contributed by atoms with E-state index in [2.05, 4.69) is 12.1 Å². The fraction of sp³-hybridized carbons (Fsp3) is 0.179. The van der Waals surface area contributed by atoms with Crippen molar-refractivity contribution in [2.75, 3.05) is 0 Å². The van der Waals surface area contributed by atoms with Crippen LogP contribution in [-0.4, -0.2) is 17.3 Å². The normalized spacial score (nSPS) is 19.3. The molecule has 0 amide bonds. The van der Waals surface area contributed by atoms with E-state index < -0.39 is 5.41 Å². The maximum Gasteiger partial charge on any atom is 0.193 e. The molecule has 154 valence electrons. The molecule has 1 heterocycles. The van der Waals surface area contributed by atoms with Crippen LogP contribution in [0.15, 0.2) is 66.2 Å². The zero-order valence-corrected chi connectivity index (χ0v) is 17.2. The first-order chi connectivity index (χ1) is 15.6. The standard InChI is InChI=1S/C28H18O4/c29-24-19-5-1-2-6-20(19)25-23(24)11-15-9-16-12-28(13-17(16)10-18(15)14-32-25)26(30)21-7-3-4-8-22(21)27(28)31/h1-10H,11-14H2. The van der Waals surface area contributed by atoms with Crippen LogP contribution < -0.4 is 0 Å². The minimum atomic E-state index is -1.02. The molecule has 7 rings (SSSR count). The quantitative estimate of drug-likeness (QED) is 0.503. The molecule has 0 bridgehead atoms. The van der Waals surface area contributed by atoms with Crippen molar-refractivity contribution in [2.45, 2.75) is 25.9 Å². The summed E-state index contributed by atoms with van der Waals surface area (Å²) in [6.07, 6.45) is 1.35. The Morgan fingerprint density at radius 2 is 1.22 bits per heavy atom. The Labute approximate surface area is 184 Å². The Hall–Kier alpha value is -3.79. The van der Waals surface area contributed by atoms with Gasteiger partial charge in [0, 0.05) is 34.2 Å². The van der Waals surface area contributed by atoms with E-state index in [-0.39, 0.29) is 17.3 Å². The van der Waals surface area contributed by atoms with Gasteiger partial charge in [-0.15, -0.1) is 0 Å². The summed E-state index contributed by atoms with van der Waals surface area (Å²) < 4.78 is 6.14. The van der Waals surface area contributed by atoms with E-state index in [0.29, 0.717) is 53.9 Å². The Morgan fingerprint density at radius 3 is 1.88 bits per heavy atom. The molecule has 0 radical (unpaired) electrons. The second-order valence-corrected chi connectivity index (χ2v) is 9.18. The van der Waals surface area contributed by atoms with Gasteiger partial charge in [-0.05, 0) is 35.1 Å². The number of hydrogen-bond donors (Lipinski definition) is 0.